The first-order valence-corrected chi connectivity index (χ1v) is 10.0. The zero-order chi connectivity index (χ0) is 19.9. The van der Waals surface area contributed by atoms with Gasteiger partial charge in [0.1, 0.15) is 11.4 Å². The Morgan fingerprint density at radius 3 is 2.68 bits per heavy atom. The van der Waals surface area contributed by atoms with E-state index in [-0.39, 0.29) is 48.2 Å². The summed E-state index contributed by atoms with van der Waals surface area (Å²) in [6.07, 6.45) is 2.45. The minimum Gasteiger partial charge on any atom is -0.365 e. The van der Waals surface area contributed by atoms with Gasteiger partial charge in [-0.05, 0) is 50.3 Å². The van der Waals surface area contributed by atoms with E-state index in [0.29, 0.717) is 26.1 Å². The zero-order valence-electron chi connectivity index (χ0n) is 16.1. The van der Waals surface area contributed by atoms with Gasteiger partial charge in [0, 0.05) is 37.8 Å². The minimum absolute atomic E-state index is 0.0136. The Morgan fingerprint density at radius 2 is 2.07 bits per heavy atom. The third kappa shape index (κ3) is 3.50. The van der Waals surface area contributed by atoms with Crippen molar-refractivity contribution in [2.24, 2.45) is 5.92 Å². The quantitative estimate of drug-likeness (QED) is 0.784. The molecule has 2 amide bonds. The molecule has 1 aromatic rings. The van der Waals surface area contributed by atoms with Crippen molar-refractivity contribution in [2.75, 3.05) is 24.5 Å². The van der Waals surface area contributed by atoms with E-state index < -0.39 is 5.54 Å². The minimum atomic E-state index is -0.818. The number of nitrogens with zero attached hydrogens (tertiary/aromatic N) is 2. The summed E-state index contributed by atoms with van der Waals surface area (Å²) >= 11 is 0. The van der Waals surface area contributed by atoms with Crippen molar-refractivity contribution in [3.05, 3.63) is 30.1 Å². The van der Waals surface area contributed by atoms with Crippen molar-refractivity contribution in [1.29, 1.82) is 0 Å². The normalized spacial score (nSPS) is 27.9. The number of benzene rings is 1. The molecule has 2 atom stereocenters. The second-order valence-corrected chi connectivity index (χ2v) is 8.26. The fourth-order valence-corrected chi connectivity index (χ4v) is 4.66. The van der Waals surface area contributed by atoms with E-state index >= 15 is 0 Å². The van der Waals surface area contributed by atoms with E-state index in [4.69, 9.17) is 0 Å². The van der Waals surface area contributed by atoms with Crippen molar-refractivity contribution in [1.82, 2.24) is 10.2 Å². The summed E-state index contributed by atoms with van der Waals surface area (Å²) in [5, 5.41) is 2.88. The molecule has 0 aromatic heterocycles. The maximum absolute atomic E-state index is 13.5. The number of piperazine rings is 1. The average Bonchev–Trinajstić information content (AvgIpc) is 3.46. The van der Waals surface area contributed by atoms with Gasteiger partial charge >= 0.3 is 0 Å². The van der Waals surface area contributed by atoms with E-state index in [0.717, 1.165) is 18.5 Å². The van der Waals surface area contributed by atoms with Gasteiger partial charge in [0.25, 0.3) is 0 Å². The van der Waals surface area contributed by atoms with Crippen molar-refractivity contribution >= 4 is 23.3 Å². The van der Waals surface area contributed by atoms with Crippen LogP contribution in [0.1, 0.15) is 39.0 Å². The molecule has 0 radical (unpaired) electrons. The number of anilines is 1. The summed E-state index contributed by atoms with van der Waals surface area (Å²) < 4.78 is 13.5. The molecular weight excluding hydrogens is 361 g/mol. The molecule has 0 spiro atoms. The third-order valence-corrected chi connectivity index (χ3v) is 6.31. The van der Waals surface area contributed by atoms with Crippen LogP contribution in [-0.2, 0) is 14.4 Å². The molecule has 1 N–H and O–H groups in total. The van der Waals surface area contributed by atoms with E-state index in [1.165, 1.54) is 12.1 Å². The van der Waals surface area contributed by atoms with E-state index in [1.54, 1.807) is 6.07 Å². The first-order valence-electron chi connectivity index (χ1n) is 10.0. The SMILES string of the molecule is CC1CN(C(=O)CCC2(C3CC3)NC(=O)CC2=O)CCN1c1cccc(F)c1. The molecule has 1 aromatic carbocycles. The lowest BCUT2D eigenvalue weighted by Crippen LogP contribution is -2.54. The molecule has 2 aliphatic heterocycles. The predicted octanol–water partition coefficient (Wildman–Crippen LogP) is 1.88. The summed E-state index contributed by atoms with van der Waals surface area (Å²) in [5.74, 6) is -0.349. The van der Waals surface area contributed by atoms with Crippen LogP contribution in [0.3, 0.4) is 0 Å². The van der Waals surface area contributed by atoms with Crippen molar-refractivity contribution in [2.45, 2.75) is 50.6 Å². The summed E-state index contributed by atoms with van der Waals surface area (Å²) in [6, 6.07) is 6.59. The Morgan fingerprint density at radius 1 is 1.29 bits per heavy atom. The lowest BCUT2D eigenvalue weighted by Gasteiger charge is -2.41. The smallest absolute Gasteiger partial charge is 0.228 e. The number of halogens is 1. The van der Waals surface area contributed by atoms with E-state index in [1.807, 2.05) is 17.9 Å². The highest BCUT2D eigenvalue weighted by atomic mass is 19.1. The maximum Gasteiger partial charge on any atom is 0.228 e. The third-order valence-electron chi connectivity index (χ3n) is 6.31. The van der Waals surface area contributed by atoms with Gasteiger partial charge < -0.3 is 15.1 Å². The van der Waals surface area contributed by atoms with Crippen LogP contribution < -0.4 is 10.2 Å². The van der Waals surface area contributed by atoms with Gasteiger partial charge in [-0.25, -0.2) is 4.39 Å². The Bertz CT molecular complexity index is 810. The van der Waals surface area contributed by atoms with Crippen LogP contribution in [0.4, 0.5) is 10.1 Å². The number of carbonyl (C=O) groups excluding carboxylic acids is 3. The summed E-state index contributed by atoms with van der Waals surface area (Å²) in [4.78, 5) is 40.9. The standard InChI is InChI=1S/C21H26FN3O3/c1-14-13-24(9-10-25(14)17-4-2-3-16(22)11-17)20(28)7-8-21(15-5-6-15)18(26)12-19(27)23-21/h2-4,11,14-15H,5-10,12-13H2,1H3,(H,23,27). The van der Waals surface area contributed by atoms with E-state index in [2.05, 4.69) is 10.2 Å². The number of hydrogen-bond acceptors (Lipinski definition) is 4. The number of Topliss-reactive ketones (excluding diaryl/α,β-unsaturated/α-hetero) is 1. The number of nitrogens with one attached hydrogen (secondary N) is 1. The van der Waals surface area contributed by atoms with Crippen LogP contribution in [0.2, 0.25) is 0 Å². The second-order valence-electron chi connectivity index (χ2n) is 8.26. The summed E-state index contributed by atoms with van der Waals surface area (Å²) in [6.45, 7) is 3.79. The van der Waals surface area contributed by atoms with Crippen LogP contribution in [0.5, 0.6) is 0 Å². The van der Waals surface area contributed by atoms with Gasteiger partial charge in [0.2, 0.25) is 11.8 Å². The highest BCUT2D eigenvalue weighted by Gasteiger charge is 2.55. The van der Waals surface area contributed by atoms with Crippen molar-refractivity contribution in [3.8, 4) is 0 Å². The Kier molecular flexibility index (Phi) is 4.85. The maximum atomic E-state index is 13.5. The molecule has 3 aliphatic rings. The highest BCUT2D eigenvalue weighted by Crippen LogP contribution is 2.45. The molecule has 1 saturated carbocycles. The predicted molar refractivity (Wildman–Crippen MR) is 102 cm³/mol. The molecule has 7 heteroatoms. The number of amides is 2. The molecule has 2 unspecified atom stereocenters. The molecule has 2 saturated heterocycles. The van der Waals surface area contributed by atoms with Crippen molar-refractivity contribution in [3.63, 3.8) is 0 Å². The molecule has 3 fully saturated rings. The van der Waals surface area contributed by atoms with Gasteiger partial charge in [-0.2, -0.15) is 0 Å². The number of carbonyl (C=O) groups is 3. The van der Waals surface area contributed by atoms with Crippen LogP contribution in [-0.4, -0.2) is 53.7 Å². The second kappa shape index (κ2) is 7.18. The topological polar surface area (TPSA) is 69.7 Å². The molecule has 6 nitrogen and oxygen atoms in total. The van der Waals surface area contributed by atoms with Crippen LogP contribution in [0.15, 0.2) is 24.3 Å². The lowest BCUT2D eigenvalue weighted by atomic mass is 9.85. The number of hydrogen-bond donors (Lipinski definition) is 1. The molecule has 150 valence electrons. The molecule has 28 heavy (non-hydrogen) atoms. The average molecular weight is 387 g/mol. The van der Waals surface area contributed by atoms with Crippen LogP contribution in [0, 0.1) is 11.7 Å². The molecule has 2 heterocycles. The first kappa shape index (κ1) is 18.9. The van der Waals surface area contributed by atoms with Gasteiger partial charge in [0.05, 0.1) is 6.42 Å². The molecule has 0 bridgehead atoms. The van der Waals surface area contributed by atoms with Gasteiger partial charge in [-0.1, -0.05) is 6.07 Å². The zero-order valence-corrected chi connectivity index (χ0v) is 16.1. The summed E-state index contributed by atoms with van der Waals surface area (Å²) in [7, 11) is 0. The fraction of sp³-hybridized carbons (Fsp3) is 0.571. The molecule has 4 rings (SSSR count). The number of ketones is 1. The fourth-order valence-electron chi connectivity index (χ4n) is 4.66. The van der Waals surface area contributed by atoms with Crippen LogP contribution in [0.25, 0.3) is 0 Å². The van der Waals surface area contributed by atoms with Gasteiger partial charge in [-0.15, -0.1) is 0 Å². The highest BCUT2D eigenvalue weighted by molar-refractivity contribution is 6.10. The Balaban J connectivity index is 1.36. The van der Waals surface area contributed by atoms with E-state index in [9.17, 15) is 18.8 Å². The molecular formula is C21H26FN3O3. The lowest BCUT2D eigenvalue weighted by molar-refractivity contribution is -0.133. The van der Waals surface area contributed by atoms with Crippen molar-refractivity contribution < 1.29 is 18.8 Å². The molecule has 1 aliphatic carbocycles. The van der Waals surface area contributed by atoms with Gasteiger partial charge in [-0.3, -0.25) is 14.4 Å². The first-order chi connectivity index (χ1) is 13.4. The monoisotopic (exact) mass is 387 g/mol. The van der Waals surface area contributed by atoms with Gasteiger partial charge in [0.15, 0.2) is 5.78 Å². The Labute approximate surface area is 164 Å². The Hall–Kier alpha value is -2.44. The largest absolute Gasteiger partial charge is 0.365 e. The van der Waals surface area contributed by atoms with Crippen LogP contribution >= 0.6 is 0 Å². The summed E-state index contributed by atoms with van der Waals surface area (Å²) in [5.41, 5.74) is 0.00780. The number of rotatable bonds is 5.